The van der Waals surface area contributed by atoms with Crippen molar-refractivity contribution in [2.45, 2.75) is 0 Å². The van der Waals surface area contributed by atoms with Crippen molar-refractivity contribution in [2.24, 2.45) is 0 Å². The highest BCUT2D eigenvalue weighted by Gasteiger charge is 2.12. The molecule has 0 spiro atoms. The molecule has 3 aromatic carbocycles. The Labute approximate surface area is 152 Å². The Morgan fingerprint density at radius 2 is 1.38 bits per heavy atom. The van der Waals surface area contributed by atoms with Crippen molar-refractivity contribution < 1.29 is 14.3 Å². The second kappa shape index (κ2) is 8.62. The van der Waals surface area contributed by atoms with Crippen LogP contribution in [0.25, 0.3) is 11.1 Å². The highest BCUT2D eigenvalue weighted by atomic mass is 16.5. The van der Waals surface area contributed by atoms with Gasteiger partial charge in [0.2, 0.25) is 0 Å². The third-order valence-electron chi connectivity index (χ3n) is 3.89. The smallest absolute Gasteiger partial charge is 0.338 e. The summed E-state index contributed by atoms with van der Waals surface area (Å²) >= 11 is 0. The van der Waals surface area contributed by atoms with Crippen LogP contribution in [0.2, 0.25) is 0 Å². The van der Waals surface area contributed by atoms with Crippen LogP contribution in [0.4, 0.5) is 0 Å². The average molecular weight is 345 g/mol. The van der Waals surface area contributed by atoms with Gasteiger partial charge in [-0.2, -0.15) is 0 Å². The number of nitrogens with one attached hydrogen (secondary N) is 1. The third kappa shape index (κ3) is 4.36. The van der Waals surface area contributed by atoms with Crippen LogP contribution in [0, 0.1) is 0 Å². The summed E-state index contributed by atoms with van der Waals surface area (Å²) in [6, 6.07) is 26.0. The predicted octanol–water partition coefficient (Wildman–Crippen LogP) is 3.94. The normalized spacial score (nSPS) is 10.2. The molecule has 0 fully saturated rings. The minimum atomic E-state index is -0.399. The van der Waals surface area contributed by atoms with Crippen LogP contribution in [-0.2, 0) is 4.74 Å². The Kier molecular flexibility index (Phi) is 5.78. The first-order valence-electron chi connectivity index (χ1n) is 8.40. The van der Waals surface area contributed by atoms with Crippen LogP contribution < -0.4 is 5.32 Å². The van der Waals surface area contributed by atoms with E-state index in [1.807, 2.05) is 54.6 Å². The summed E-state index contributed by atoms with van der Waals surface area (Å²) in [4.78, 5) is 24.4. The first kappa shape index (κ1) is 17.4. The summed E-state index contributed by atoms with van der Waals surface area (Å²) < 4.78 is 5.18. The topological polar surface area (TPSA) is 55.4 Å². The number of hydrogen-bond donors (Lipinski definition) is 1. The number of amides is 1. The number of carbonyl (C=O) groups excluding carboxylic acids is 2. The molecule has 0 heterocycles. The quantitative estimate of drug-likeness (QED) is 0.544. The fourth-order valence-electron chi connectivity index (χ4n) is 2.61. The summed E-state index contributed by atoms with van der Waals surface area (Å²) in [5.74, 6) is -0.593. The Morgan fingerprint density at radius 3 is 2.12 bits per heavy atom. The first-order valence-corrected chi connectivity index (χ1v) is 8.40. The highest BCUT2D eigenvalue weighted by molar-refractivity contribution is 6.00. The molecule has 0 aliphatic rings. The molecule has 4 nitrogen and oxygen atoms in total. The molecular formula is C22H19NO3. The van der Waals surface area contributed by atoms with Crippen LogP contribution in [0.15, 0.2) is 84.9 Å². The van der Waals surface area contributed by atoms with Gasteiger partial charge in [0.15, 0.2) is 0 Å². The van der Waals surface area contributed by atoms with Gasteiger partial charge in [-0.05, 0) is 29.3 Å². The average Bonchev–Trinajstić information content (AvgIpc) is 2.72. The van der Waals surface area contributed by atoms with Crippen molar-refractivity contribution in [1.82, 2.24) is 5.32 Å². The fourth-order valence-corrected chi connectivity index (χ4v) is 2.61. The van der Waals surface area contributed by atoms with Gasteiger partial charge in [-0.15, -0.1) is 0 Å². The maximum absolute atomic E-state index is 12.5. The zero-order chi connectivity index (χ0) is 18.2. The van der Waals surface area contributed by atoms with E-state index < -0.39 is 5.97 Å². The van der Waals surface area contributed by atoms with E-state index in [0.29, 0.717) is 11.1 Å². The molecule has 0 aliphatic carbocycles. The number of ether oxygens (including phenoxy) is 1. The van der Waals surface area contributed by atoms with Crippen LogP contribution in [-0.4, -0.2) is 25.0 Å². The third-order valence-corrected chi connectivity index (χ3v) is 3.89. The number of benzene rings is 3. The number of carbonyl (C=O) groups is 2. The molecule has 3 rings (SSSR count). The number of esters is 1. The highest BCUT2D eigenvalue weighted by Crippen LogP contribution is 2.23. The molecule has 0 bridgehead atoms. The molecule has 0 atom stereocenters. The van der Waals surface area contributed by atoms with Gasteiger partial charge >= 0.3 is 5.97 Å². The zero-order valence-electron chi connectivity index (χ0n) is 14.2. The molecule has 0 aliphatic heterocycles. The molecule has 0 saturated heterocycles. The molecule has 1 N–H and O–H groups in total. The lowest BCUT2D eigenvalue weighted by Crippen LogP contribution is -2.28. The second-order valence-corrected chi connectivity index (χ2v) is 5.67. The van der Waals surface area contributed by atoms with Crippen molar-refractivity contribution in [1.29, 1.82) is 0 Å². The minimum absolute atomic E-state index is 0.118. The van der Waals surface area contributed by atoms with Crippen LogP contribution >= 0.6 is 0 Å². The molecule has 0 unspecified atom stereocenters. The molecule has 3 aromatic rings. The second-order valence-electron chi connectivity index (χ2n) is 5.67. The van der Waals surface area contributed by atoms with Crippen LogP contribution in [0.3, 0.4) is 0 Å². The van der Waals surface area contributed by atoms with Gasteiger partial charge in [0.25, 0.3) is 5.91 Å². The van der Waals surface area contributed by atoms with E-state index in [1.54, 1.807) is 30.3 Å². The van der Waals surface area contributed by atoms with Crippen molar-refractivity contribution in [3.63, 3.8) is 0 Å². The predicted molar refractivity (Wildman–Crippen MR) is 101 cm³/mol. The molecule has 130 valence electrons. The van der Waals surface area contributed by atoms with Gasteiger partial charge in [-0.25, -0.2) is 4.79 Å². The zero-order valence-corrected chi connectivity index (χ0v) is 14.2. The number of rotatable bonds is 6. The monoisotopic (exact) mass is 345 g/mol. The van der Waals surface area contributed by atoms with E-state index in [0.717, 1.165) is 11.1 Å². The first-order chi connectivity index (χ1) is 12.8. The van der Waals surface area contributed by atoms with E-state index in [2.05, 4.69) is 5.32 Å². The minimum Gasteiger partial charge on any atom is -0.460 e. The van der Waals surface area contributed by atoms with Gasteiger partial charge in [0, 0.05) is 5.56 Å². The van der Waals surface area contributed by atoms with Crippen molar-refractivity contribution in [3.8, 4) is 11.1 Å². The molecule has 1 amide bonds. The van der Waals surface area contributed by atoms with E-state index in [4.69, 9.17) is 4.74 Å². The lowest BCUT2D eigenvalue weighted by atomic mass is 9.99. The van der Waals surface area contributed by atoms with Gasteiger partial charge < -0.3 is 10.1 Å². The van der Waals surface area contributed by atoms with Crippen LogP contribution in [0.1, 0.15) is 20.7 Å². The molecule has 4 heteroatoms. The van der Waals surface area contributed by atoms with E-state index >= 15 is 0 Å². The molecule has 0 radical (unpaired) electrons. The summed E-state index contributed by atoms with van der Waals surface area (Å²) in [6.45, 7) is 0.369. The Hall–Kier alpha value is -3.40. The van der Waals surface area contributed by atoms with Gasteiger partial charge in [-0.3, -0.25) is 4.79 Å². The van der Waals surface area contributed by atoms with Gasteiger partial charge in [-0.1, -0.05) is 66.7 Å². The van der Waals surface area contributed by atoms with E-state index in [9.17, 15) is 9.59 Å². The lowest BCUT2D eigenvalue weighted by Gasteiger charge is -2.11. The standard InChI is InChI=1S/C22H19NO3/c24-21(23-15-16-26-22(25)18-11-5-2-6-12-18)20-14-8-7-13-19(20)17-9-3-1-4-10-17/h1-14H,15-16H2,(H,23,24). The molecule has 0 aromatic heterocycles. The summed E-state index contributed by atoms with van der Waals surface area (Å²) in [6.07, 6.45) is 0. The maximum Gasteiger partial charge on any atom is 0.338 e. The largest absolute Gasteiger partial charge is 0.460 e. The maximum atomic E-state index is 12.5. The number of hydrogen-bond acceptors (Lipinski definition) is 3. The van der Waals surface area contributed by atoms with Crippen molar-refractivity contribution in [3.05, 3.63) is 96.1 Å². The molecule has 0 saturated carbocycles. The van der Waals surface area contributed by atoms with E-state index in [-0.39, 0.29) is 19.1 Å². The molecular weight excluding hydrogens is 326 g/mol. The Morgan fingerprint density at radius 1 is 0.769 bits per heavy atom. The van der Waals surface area contributed by atoms with E-state index in [1.165, 1.54) is 0 Å². The summed E-state index contributed by atoms with van der Waals surface area (Å²) in [5.41, 5.74) is 2.93. The van der Waals surface area contributed by atoms with Crippen LogP contribution in [0.5, 0.6) is 0 Å². The lowest BCUT2D eigenvalue weighted by molar-refractivity contribution is 0.0503. The van der Waals surface area contributed by atoms with Crippen molar-refractivity contribution in [2.75, 3.05) is 13.2 Å². The van der Waals surface area contributed by atoms with Gasteiger partial charge in [0.05, 0.1) is 12.1 Å². The molecule has 26 heavy (non-hydrogen) atoms. The Balaban J connectivity index is 1.57. The SMILES string of the molecule is O=C(OCCNC(=O)c1ccccc1-c1ccccc1)c1ccccc1. The Bertz CT molecular complexity index is 876. The summed E-state index contributed by atoms with van der Waals surface area (Å²) in [5, 5.41) is 2.80. The summed E-state index contributed by atoms with van der Waals surface area (Å²) in [7, 11) is 0. The fraction of sp³-hybridized carbons (Fsp3) is 0.0909. The van der Waals surface area contributed by atoms with Gasteiger partial charge in [0.1, 0.15) is 6.61 Å². The van der Waals surface area contributed by atoms with Crippen molar-refractivity contribution >= 4 is 11.9 Å².